The Morgan fingerprint density at radius 2 is 1.97 bits per heavy atom. The van der Waals surface area contributed by atoms with Gasteiger partial charge in [0.1, 0.15) is 0 Å². The summed E-state index contributed by atoms with van der Waals surface area (Å²) < 4.78 is 10.4. The molecule has 1 aliphatic rings. The van der Waals surface area contributed by atoms with Gasteiger partial charge in [0.05, 0.1) is 19.1 Å². The molecule has 6 nitrogen and oxygen atoms in total. The highest BCUT2D eigenvalue weighted by Crippen LogP contribution is 2.33. The van der Waals surface area contributed by atoms with Crippen LogP contribution in [-0.2, 0) is 17.6 Å². The number of aryl methyl sites for hydroxylation is 1. The minimum Gasteiger partial charge on any atom is -0.493 e. The number of amides is 2. The fraction of sp³-hybridized carbons (Fsp3) is 0.364. The van der Waals surface area contributed by atoms with Crippen LogP contribution >= 0.6 is 11.3 Å². The fourth-order valence-electron chi connectivity index (χ4n) is 3.41. The van der Waals surface area contributed by atoms with E-state index < -0.39 is 5.91 Å². The van der Waals surface area contributed by atoms with E-state index in [1.54, 1.807) is 32.4 Å². The minimum atomic E-state index is -0.416. The van der Waals surface area contributed by atoms with E-state index in [0.29, 0.717) is 22.3 Å². The summed E-state index contributed by atoms with van der Waals surface area (Å²) in [6, 6.07) is 7.30. The number of methoxy groups -OCH3 is 2. The van der Waals surface area contributed by atoms with Crippen LogP contribution in [0.1, 0.15) is 45.4 Å². The first-order chi connectivity index (χ1) is 14.0. The quantitative estimate of drug-likeness (QED) is 0.557. The van der Waals surface area contributed by atoms with Gasteiger partial charge in [-0.1, -0.05) is 19.4 Å². The Morgan fingerprint density at radius 3 is 2.69 bits per heavy atom. The zero-order chi connectivity index (χ0) is 20.8. The lowest BCUT2D eigenvalue weighted by Crippen LogP contribution is -2.40. The van der Waals surface area contributed by atoms with E-state index in [1.165, 1.54) is 40.7 Å². The van der Waals surface area contributed by atoms with Crippen LogP contribution in [0.3, 0.4) is 0 Å². The molecule has 0 spiro atoms. The average molecular weight is 415 g/mol. The van der Waals surface area contributed by atoms with Crippen molar-refractivity contribution in [2.75, 3.05) is 14.2 Å². The smallest absolute Gasteiger partial charge is 0.279 e. The van der Waals surface area contributed by atoms with Crippen LogP contribution in [0.4, 0.5) is 0 Å². The van der Waals surface area contributed by atoms with Crippen LogP contribution in [-0.4, -0.2) is 26.0 Å². The first-order valence-electron chi connectivity index (χ1n) is 9.66. The van der Waals surface area contributed by atoms with Gasteiger partial charge in [-0.3, -0.25) is 20.4 Å². The SMILES string of the molecule is CC[C@@H]1CCc2sc(C(=O)NNC(=O)/C=C/c3ccc(OC)c(OC)c3)cc2C1. The van der Waals surface area contributed by atoms with Crippen molar-refractivity contribution in [1.29, 1.82) is 0 Å². The number of hydrogen-bond acceptors (Lipinski definition) is 5. The summed E-state index contributed by atoms with van der Waals surface area (Å²) >= 11 is 1.52. The molecule has 0 radical (unpaired) electrons. The van der Waals surface area contributed by atoms with E-state index in [0.717, 1.165) is 18.4 Å². The Hall–Kier alpha value is -2.80. The van der Waals surface area contributed by atoms with Gasteiger partial charge in [0.15, 0.2) is 11.5 Å². The van der Waals surface area contributed by atoms with Gasteiger partial charge in [-0.05, 0) is 60.6 Å². The third kappa shape index (κ3) is 5.17. The van der Waals surface area contributed by atoms with Crippen LogP contribution in [0.25, 0.3) is 6.08 Å². The van der Waals surface area contributed by atoms with E-state index in [4.69, 9.17) is 9.47 Å². The average Bonchev–Trinajstić information content (AvgIpc) is 3.19. The number of hydrazine groups is 1. The summed E-state index contributed by atoms with van der Waals surface area (Å²) in [7, 11) is 3.12. The molecule has 0 saturated heterocycles. The largest absolute Gasteiger partial charge is 0.493 e. The second kappa shape index (κ2) is 9.60. The van der Waals surface area contributed by atoms with E-state index in [1.807, 2.05) is 12.1 Å². The molecule has 2 amide bonds. The Bertz CT molecular complexity index is 920. The molecular formula is C22H26N2O4S. The van der Waals surface area contributed by atoms with Crippen molar-refractivity contribution in [2.45, 2.75) is 32.6 Å². The zero-order valence-corrected chi connectivity index (χ0v) is 17.7. The number of rotatable bonds is 6. The van der Waals surface area contributed by atoms with Crippen molar-refractivity contribution in [3.05, 3.63) is 51.2 Å². The second-order valence-corrected chi connectivity index (χ2v) is 8.10. The lowest BCUT2D eigenvalue weighted by molar-refractivity contribution is -0.117. The maximum Gasteiger partial charge on any atom is 0.279 e. The summed E-state index contributed by atoms with van der Waals surface area (Å²) in [4.78, 5) is 26.3. The van der Waals surface area contributed by atoms with Crippen LogP contribution in [0.5, 0.6) is 11.5 Å². The molecule has 2 N–H and O–H groups in total. The van der Waals surface area contributed by atoms with Gasteiger partial charge < -0.3 is 9.47 Å². The van der Waals surface area contributed by atoms with E-state index in [9.17, 15) is 9.59 Å². The maximum atomic E-state index is 12.4. The van der Waals surface area contributed by atoms with Crippen LogP contribution in [0.2, 0.25) is 0 Å². The number of fused-ring (bicyclic) bond motifs is 1. The van der Waals surface area contributed by atoms with E-state index in [2.05, 4.69) is 17.8 Å². The summed E-state index contributed by atoms with van der Waals surface area (Å²) in [6.07, 6.45) is 7.41. The number of ether oxygens (including phenoxy) is 2. The molecule has 0 saturated carbocycles. The Labute approximate surface area is 174 Å². The molecule has 3 rings (SSSR count). The molecule has 7 heteroatoms. The van der Waals surface area contributed by atoms with Crippen molar-refractivity contribution < 1.29 is 19.1 Å². The molecule has 29 heavy (non-hydrogen) atoms. The lowest BCUT2D eigenvalue weighted by atomic mass is 9.87. The molecule has 0 unspecified atom stereocenters. The molecule has 0 bridgehead atoms. The van der Waals surface area contributed by atoms with E-state index >= 15 is 0 Å². The van der Waals surface area contributed by atoms with Crippen molar-refractivity contribution in [3.63, 3.8) is 0 Å². The fourth-order valence-corrected chi connectivity index (χ4v) is 4.51. The number of carbonyl (C=O) groups excluding carboxylic acids is 2. The number of carbonyl (C=O) groups is 2. The van der Waals surface area contributed by atoms with Crippen molar-refractivity contribution in [3.8, 4) is 11.5 Å². The third-order valence-corrected chi connectivity index (χ3v) is 6.36. The molecule has 2 aromatic rings. The highest BCUT2D eigenvalue weighted by atomic mass is 32.1. The molecule has 1 aromatic heterocycles. The van der Waals surface area contributed by atoms with Crippen LogP contribution in [0, 0.1) is 5.92 Å². The van der Waals surface area contributed by atoms with Gasteiger partial charge in [-0.25, -0.2) is 0 Å². The maximum absolute atomic E-state index is 12.4. The summed E-state index contributed by atoms with van der Waals surface area (Å²) in [5, 5.41) is 0. The molecular weight excluding hydrogens is 388 g/mol. The molecule has 1 aliphatic carbocycles. The van der Waals surface area contributed by atoms with Gasteiger partial charge >= 0.3 is 0 Å². The standard InChI is InChI=1S/C22H26N2O4S/c1-4-14-6-9-19-16(11-14)13-20(29-19)22(26)24-23-21(25)10-7-15-5-8-17(27-2)18(12-15)28-3/h5,7-8,10,12-14H,4,6,9,11H2,1-3H3,(H,23,25)(H,24,26)/b10-7+/t14-/m1/s1. The Kier molecular flexibility index (Phi) is 6.93. The Morgan fingerprint density at radius 1 is 1.17 bits per heavy atom. The van der Waals surface area contributed by atoms with Crippen molar-refractivity contribution >= 4 is 29.2 Å². The predicted octanol–water partition coefficient (Wildman–Crippen LogP) is 3.75. The van der Waals surface area contributed by atoms with Gasteiger partial charge in [0.2, 0.25) is 0 Å². The first kappa shape index (κ1) is 20.9. The summed E-state index contributed by atoms with van der Waals surface area (Å²) in [5.74, 6) is 1.20. The first-order valence-corrected chi connectivity index (χ1v) is 10.5. The highest BCUT2D eigenvalue weighted by molar-refractivity contribution is 7.14. The van der Waals surface area contributed by atoms with Gasteiger partial charge in [-0.15, -0.1) is 11.3 Å². The summed E-state index contributed by atoms with van der Waals surface area (Å²) in [6.45, 7) is 2.21. The molecule has 0 fully saturated rings. The minimum absolute atomic E-state index is 0.287. The topological polar surface area (TPSA) is 76.7 Å². The normalized spacial score (nSPS) is 15.6. The second-order valence-electron chi connectivity index (χ2n) is 6.97. The van der Waals surface area contributed by atoms with Gasteiger partial charge in [0, 0.05) is 11.0 Å². The number of thiophene rings is 1. The summed E-state index contributed by atoms with van der Waals surface area (Å²) in [5.41, 5.74) is 6.97. The molecule has 1 atom stereocenters. The predicted molar refractivity (Wildman–Crippen MR) is 114 cm³/mol. The highest BCUT2D eigenvalue weighted by Gasteiger charge is 2.22. The molecule has 1 heterocycles. The monoisotopic (exact) mass is 414 g/mol. The van der Waals surface area contributed by atoms with Crippen molar-refractivity contribution in [1.82, 2.24) is 10.9 Å². The Balaban J connectivity index is 1.55. The molecule has 154 valence electrons. The van der Waals surface area contributed by atoms with Gasteiger partial charge in [-0.2, -0.15) is 0 Å². The lowest BCUT2D eigenvalue weighted by Gasteiger charge is -2.19. The zero-order valence-electron chi connectivity index (χ0n) is 16.9. The van der Waals surface area contributed by atoms with Crippen molar-refractivity contribution in [2.24, 2.45) is 5.92 Å². The molecule has 0 aliphatic heterocycles. The van der Waals surface area contributed by atoms with Crippen LogP contribution < -0.4 is 20.3 Å². The van der Waals surface area contributed by atoms with Crippen LogP contribution in [0.15, 0.2) is 30.3 Å². The molecule has 1 aromatic carbocycles. The number of benzene rings is 1. The number of nitrogens with one attached hydrogen (secondary N) is 2. The van der Waals surface area contributed by atoms with Gasteiger partial charge in [0.25, 0.3) is 11.8 Å². The number of hydrogen-bond donors (Lipinski definition) is 2. The van der Waals surface area contributed by atoms with E-state index in [-0.39, 0.29) is 5.91 Å². The third-order valence-electron chi connectivity index (χ3n) is 5.12.